The van der Waals surface area contributed by atoms with Crippen LogP contribution in [0.3, 0.4) is 0 Å². The highest BCUT2D eigenvalue weighted by Crippen LogP contribution is 2.36. The minimum Gasteiger partial charge on any atom is -0.483 e. The molecule has 0 amide bonds. The molecular weight excluding hydrogens is 288 g/mol. The molecule has 0 heterocycles. The van der Waals surface area contributed by atoms with Crippen molar-refractivity contribution in [2.75, 3.05) is 0 Å². The van der Waals surface area contributed by atoms with Crippen LogP contribution in [0.1, 0.15) is 19.3 Å². The number of carboxylic acids is 1. The van der Waals surface area contributed by atoms with Crippen LogP contribution in [0.5, 0.6) is 5.75 Å². The second-order valence-corrected chi connectivity index (χ2v) is 5.25. The third kappa shape index (κ3) is 2.83. The zero-order valence-electron chi connectivity index (χ0n) is 10.4. The summed E-state index contributed by atoms with van der Waals surface area (Å²) < 4.78 is 5.52. The number of nitrogens with zero attached hydrogens (tertiary/aromatic N) is 1. The van der Waals surface area contributed by atoms with Crippen molar-refractivity contribution in [2.45, 2.75) is 30.9 Å². The second-order valence-electron chi connectivity index (χ2n) is 4.81. The number of rotatable bonds is 4. The standard InChI is InChI=1S/C12H13ClN2O5/c13-7-1-2-9(15(18)19)10(5-7)20-8-3-4-12(14,6-8)11(16)17/h1-2,5,8H,3-4,6,14H2,(H,16,17). The molecule has 8 heteroatoms. The smallest absolute Gasteiger partial charge is 0.323 e. The molecule has 7 nitrogen and oxygen atoms in total. The van der Waals surface area contributed by atoms with E-state index < -0.39 is 22.5 Å². The lowest BCUT2D eigenvalue weighted by molar-refractivity contribution is -0.386. The van der Waals surface area contributed by atoms with E-state index in [0.717, 1.165) is 0 Å². The Morgan fingerprint density at radius 2 is 2.30 bits per heavy atom. The average Bonchev–Trinajstić information content (AvgIpc) is 2.72. The van der Waals surface area contributed by atoms with Gasteiger partial charge in [-0.2, -0.15) is 0 Å². The Kier molecular flexibility index (Phi) is 3.82. The minimum absolute atomic E-state index is 0.0298. The maximum absolute atomic E-state index is 11.0. The lowest BCUT2D eigenvalue weighted by Crippen LogP contribution is -2.46. The van der Waals surface area contributed by atoms with Crippen LogP contribution in [0.25, 0.3) is 0 Å². The number of aliphatic carboxylic acids is 1. The normalized spacial score (nSPS) is 25.4. The summed E-state index contributed by atoms with van der Waals surface area (Å²) in [5.74, 6) is -1.06. The molecule has 0 saturated heterocycles. The van der Waals surface area contributed by atoms with Crippen molar-refractivity contribution >= 4 is 23.3 Å². The number of nitrogens with two attached hydrogens (primary N) is 1. The van der Waals surface area contributed by atoms with Crippen LogP contribution in [-0.4, -0.2) is 27.6 Å². The van der Waals surface area contributed by atoms with E-state index in [1.165, 1.54) is 18.2 Å². The van der Waals surface area contributed by atoms with Gasteiger partial charge in [0.25, 0.3) is 0 Å². The summed E-state index contributed by atoms with van der Waals surface area (Å²) in [5.41, 5.74) is 4.19. The summed E-state index contributed by atoms with van der Waals surface area (Å²) >= 11 is 5.79. The molecule has 20 heavy (non-hydrogen) atoms. The highest BCUT2D eigenvalue weighted by atomic mass is 35.5. The third-order valence-corrected chi connectivity index (χ3v) is 3.58. The topological polar surface area (TPSA) is 116 Å². The summed E-state index contributed by atoms with van der Waals surface area (Å²) in [5, 5.41) is 20.2. The summed E-state index contributed by atoms with van der Waals surface area (Å²) in [4.78, 5) is 21.4. The third-order valence-electron chi connectivity index (χ3n) is 3.34. The molecule has 1 fully saturated rings. The zero-order valence-corrected chi connectivity index (χ0v) is 11.2. The van der Waals surface area contributed by atoms with Crippen molar-refractivity contribution in [3.8, 4) is 5.75 Å². The Hall–Kier alpha value is -1.86. The monoisotopic (exact) mass is 300 g/mol. The van der Waals surface area contributed by atoms with E-state index in [0.29, 0.717) is 11.4 Å². The molecule has 2 unspecified atom stereocenters. The van der Waals surface area contributed by atoms with E-state index in [1.807, 2.05) is 0 Å². The number of nitro groups is 1. The van der Waals surface area contributed by atoms with Gasteiger partial charge in [-0.05, 0) is 18.9 Å². The van der Waals surface area contributed by atoms with Crippen LogP contribution in [0.4, 0.5) is 5.69 Å². The number of carbonyl (C=O) groups is 1. The van der Waals surface area contributed by atoms with Crippen molar-refractivity contribution in [1.29, 1.82) is 0 Å². The molecular formula is C12H13ClN2O5. The first-order valence-electron chi connectivity index (χ1n) is 5.95. The van der Waals surface area contributed by atoms with E-state index in [4.69, 9.17) is 27.2 Å². The summed E-state index contributed by atoms with van der Waals surface area (Å²) in [6, 6.07) is 3.99. The Morgan fingerprint density at radius 3 is 2.85 bits per heavy atom. The molecule has 0 aromatic heterocycles. The lowest BCUT2D eigenvalue weighted by Gasteiger charge is -2.18. The van der Waals surface area contributed by atoms with Crippen LogP contribution in [0.15, 0.2) is 18.2 Å². The average molecular weight is 301 g/mol. The molecule has 3 N–H and O–H groups in total. The first kappa shape index (κ1) is 14.5. The fourth-order valence-corrected chi connectivity index (χ4v) is 2.40. The van der Waals surface area contributed by atoms with E-state index >= 15 is 0 Å². The fourth-order valence-electron chi connectivity index (χ4n) is 2.24. The molecule has 1 aromatic carbocycles. The maximum Gasteiger partial charge on any atom is 0.323 e. The number of hydrogen-bond acceptors (Lipinski definition) is 5. The number of carboxylic acid groups (broad SMARTS) is 1. The Labute approximate surface area is 119 Å². The van der Waals surface area contributed by atoms with Crippen molar-refractivity contribution in [3.63, 3.8) is 0 Å². The number of halogens is 1. The van der Waals surface area contributed by atoms with E-state index in [2.05, 4.69) is 0 Å². The van der Waals surface area contributed by atoms with Crippen molar-refractivity contribution in [2.24, 2.45) is 5.73 Å². The molecule has 1 aliphatic carbocycles. The molecule has 0 spiro atoms. The van der Waals surface area contributed by atoms with Crippen molar-refractivity contribution in [3.05, 3.63) is 33.3 Å². The van der Waals surface area contributed by atoms with Gasteiger partial charge in [0.2, 0.25) is 0 Å². The maximum atomic E-state index is 11.0. The van der Waals surface area contributed by atoms with Gasteiger partial charge in [-0.25, -0.2) is 0 Å². The molecule has 1 aliphatic rings. The predicted octanol–water partition coefficient (Wildman–Crippen LogP) is 1.96. The molecule has 0 aliphatic heterocycles. The Bertz CT molecular complexity index is 565. The molecule has 0 radical (unpaired) electrons. The van der Waals surface area contributed by atoms with Crippen LogP contribution in [0, 0.1) is 10.1 Å². The quantitative estimate of drug-likeness (QED) is 0.648. The van der Waals surface area contributed by atoms with Gasteiger partial charge in [-0.15, -0.1) is 0 Å². The van der Waals surface area contributed by atoms with Crippen LogP contribution >= 0.6 is 11.6 Å². The first-order valence-corrected chi connectivity index (χ1v) is 6.32. The number of nitro benzene ring substituents is 1. The van der Waals surface area contributed by atoms with E-state index in [-0.39, 0.29) is 24.3 Å². The van der Waals surface area contributed by atoms with Gasteiger partial charge in [-0.1, -0.05) is 11.6 Å². The summed E-state index contributed by atoms with van der Waals surface area (Å²) in [6.07, 6.45) is 0.313. The fraction of sp³-hybridized carbons (Fsp3) is 0.417. The number of benzene rings is 1. The Morgan fingerprint density at radius 1 is 1.60 bits per heavy atom. The second kappa shape index (κ2) is 5.26. The molecule has 1 saturated carbocycles. The van der Waals surface area contributed by atoms with Crippen molar-refractivity contribution in [1.82, 2.24) is 0 Å². The zero-order chi connectivity index (χ0) is 14.9. The molecule has 1 aromatic rings. The number of hydrogen-bond donors (Lipinski definition) is 2. The van der Waals surface area contributed by atoms with Gasteiger partial charge in [0.05, 0.1) is 4.92 Å². The molecule has 2 rings (SSSR count). The van der Waals surface area contributed by atoms with Crippen molar-refractivity contribution < 1.29 is 19.6 Å². The SMILES string of the molecule is NC1(C(=O)O)CCC(Oc2cc(Cl)ccc2[N+](=O)[O-])C1. The lowest BCUT2D eigenvalue weighted by atomic mass is 10.00. The highest BCUT2D eigenvalue weighted by Gasteiger charge is 2.43. The van der Waals surface area contributed by atoms with E-state index in [9.17, 15) is 14.9 Å². The summed E-state index contributed by atoms with van der Waals surface area (Å²) in [6.45, 7) is 0. The largest absolute Gasteiger partial charge is 0.483 e. The number of ether oxygens (including phenoxy) is 1. The molecule has 108 valence electrons. The van der Waals surface area contributed by atoms with Gasteiger partial charge in [0.1, 0.15) is 11.6 Å². The van der Waals surface area contributed by atoms with Gasteiger partial charge >= 0.3 is 11.7 Å². The summed E-state index contributed by atoms with van der Waals surface area (Å²) in [7, 11) is 0. The van der Waals surface area contributed by atoms with Gasteiger partial charge in [0, 0.05) is 23.6 Å². The molecule has 0 bridgehead atoms. The first-order chi connectivity index (χ1) is 9.32. The molecule has 2 atom stereocenters. The minimum atomic E-state index is -1.34. The van der Waals surface area contributed by atoms with Gasteiger partial charge in [-0.3, -0.25) is 14.9 Å². The predicted molar refractivity (Wildman–Crippen MR) is 70.9 cm³/mol. The van der Waals surface area contributed by atoms with Gasteiger partial charge in [0.15, 0.2) is 5.75 Å². The van der Waals surface area contributed by atoms with Gasteiger partial charge < -0.3 is 15.6 Å². The van der Waals surface area contributed by atoms with E-state index in [1.54, 1.807) is 0 Å². The van der Waals surface area contributed by atoms with Crippen LogP contribution < -0.4 is 10.5 Å². The Balaban J connectivity index is 2.18. The van der Waals surface area contributed by atoms with Crippen LogP contribution in [0.2, 0.25) is 5.02 Å². The van der Waals surface area contributed by atoms with Crippen LogP contribution in [-0.2, 0) is 4.79 Å². The highest BCUT2D eigenvalue weighted by molar-refractivity contribution is 6.30.